The van der Waals surface area contributed by atoms with E-state index in [2.05, 4.69) is 20.6 Å². The van der Waals surface area contributed by atoms with Gasteiger partial charge in [0.2, 0.25) is 0 Å². The highest BCUT2D eigenvalue weighted by atomic mass is 32.1. The first kappa shape index (κ1) is 16.3. The van der Waals surface area contributed by atoms with Gasteiger partial charge in [-0.1, -0.05) is 5.92 Å². The maximum Gasteiger partial charge on any atom is 0.127 e. The molecule has 0 aliphatic carbocycles. The fourth-order valence-corrected chi connectivity index (χ4v) is 4.84. The van der Waals surface area contributed by atoms with Crippen LogP contribution in [0.2, 0.25) is 0 Å². The summed E-state index contributed by atoms with van der Waals surface area (Å²) in [6.07, 6.45) is 6.76. The van der Waals surface area contributed by atoms with Crippen molar-refractivity contribution in [1.82, 2.24) is 9.36 Å². The lowest BCUT2D eigenvalue weighted by Crippen LogP contribution is -2.31. The van der Waals surface area contributed by atoms with E-state index in [1.165, 1.54) is 18.5 Å². The molecule has 8 heteroatoms. The van der Waals surface area contributed by atoms with E-state index in [1.807, 2.05) is 5.38 Å². The third-order valence-corrected chi connectivity index (χ3v) is 6.36. The normalized spacial score (nSPS) is 13.8. The lowest BCUT2D eigenvalue weighted by molar-refractivity contribution is 0.305. The van der Waals surface area contributed by atoms with Crippen LogP contribution in [-0.2, 0) is 13.0 Å². The highest BCUT2D eigenvalue weighted by Gasteiger charge is 2.21. The van der Waals surface area contributed by atoms with Crippen molar-refractivity contribution in [2.24, 2.45) is 5.73 Å². The number of rotatable bonds is 6. The molecular formula is C15H15FN4S3. The smallest absolute Gasteiger partial charge is 0.127 e. The van der Waals surface area contributed by atoms with E-state index in [1.54, 1.807) is 28.9 Å². The molecule has 0 aromatic carbocycles. The number of thiophene rings is 1. The van der Waals surface area contributed by atoms with Crippen molar-refractivity contribution in [2.75, 3.05) is 5.32 Å². The van der Waals surface area contributed by atoms with Crippen LogP contribution in [0.1, 0.15) is 22.4 Å². The molecule has 0 bridgehead atoms. The topological polar surface area (TPSA) is 63.8 Å². The lowest BCUT2D eigenvalue weighted by Gasteiger charge is -2.11. The summed E-state index contributed by atoms with van der Waals surface area (Å²) in [5.41, 5.74) is 7.39. The minimum atomic E-state index is -1.07. The van der Waals surface area contributed by atoms with Gasteiger partial charge in [-0.15, -0.1) is 29.1 Å². The van der Waals surface area contributed by atoms with E-state index in [0.717, 1.165) is 30.7 Å². The van der Waals surface area contributed by atoms with Crippen LogP contribution in [-0.4, -0.2) is 21.6 Å². The quantitative estimate of drug-likeness (QED) is 0.654. The first-order valence-corrected chi connectivity index (χ1v) is 9.46. The Labute approximate surface area is 145 Å². The van der Waals surface area contributed by atoms with E-state index in [0.29, 0.717) is 13.0 Å². The molecule has 0 amide bonds. The van der Waals surface area contributed by atoms with Gasteiger partial charge in [-0.3, -0.25) is 0 Å². The van der Waals surface area contributed by atoms with Gasteiger partial charge in [-0.05, 0) is 18.5 Å². The summed E-state index contributed by atoms with van der Waals surface area (Å²) < 4.78 is 18.8. The van der Waals surface area contributed by atoms with Crippen LogP contribution < -0.4 is 11.1 Å². The number of nitrogens with two attached hydrogens (primary N) is 1. The average molecular weight is 367 g/mol. The molecule has 3 aromatic rings. The number of terminal acetylenes is 1. The molecule has 0 aliphatic heterocycles. The molecule has 0 fully saturated rings. The number of hydrogen-bond donors (Lipinski definition) is 2. The number of nitrogens with zero attached hydrogens (tertiary/aromatic N) is 2. The highest BCUT2D eigenvalue weighted by Crippen LogP contribution is 2.39. The Morgan fingerprint density at radius 1 is 1.52 bits per heavy atom. The minimum Gasteiger partial charge on any atom is -0.368 e. The summed E-state index contributed by atoms with van der Waals surface area (Å²) in [7, 11) is 0. The van der Waals surface area contributed by atoms with Gasteiger partial charge in [0, 0.05) is 28.9 Å². The van der Waals surface area contributed by atoms with Gasteiger partial charge in [-0.25, -0.2) is 9.37 Å². The van der Waals surface area contributed by atoms with E-state index in [9.17, 15) is 4.39 Å². The third-order valence-electron chi connectivity index (χ3n) is 3.43. The number of alkyl halides is 1. The predicted octanol–water partition coefficient (Wildman–Crippen LogP) is 3.64. The molecule has 0 unspecified atom stereocenters. The van der Waals surface area contributed by atoms with Crippen LogP contribution in [0.25, 0.3) is 10.2 Å². The zero-order valence-electron chi connectivity index (χ0n) is 12.4. The zero-order chi connectivity index (χ0) is 16.4. The van der Waals surface area contributed by atoms with Crippen molar-refractivity contribution in [2.45, 2.75) is 32.1 Å². The molecule has 2 atom stereocenters. The summed E-state index contributed by atoms with van der Waals surface area (Å²) in [6, 6.07) is -0.555. The SMILES string of the molecule is C#Cc1c(C[C@@H](N)[C@H](C)F)sc2c(NCc3nccs3)snc12. The summed E-state index contributed by atoms with van der Waals surface area (Å²) in [6.45, 7) is 2.11. The standard InChI is InChI=1S/C15H15FN4S3/c1-3-9-11(6-10(17)8(2)16)22-14-13(9)20-23-15(14)19-7-12-18-4-5-21-12/h1,4-5,8,10,19H,6-7,17H2,2H3/t8-,10+/m0/s1. The van der Waals surface area contributed by atoms with Crippen molar-refractivity contribution in [1.29, 1.82) is 0 Å². The van der Waals surface area contributed by atoms with Crippen LogP contribution in [0.5, 0.6) is 0 Å². The van der Waals surface area contributed by atoms with Crippen LogP contribution in [0.3, 0.4) is 0 Å². The fourth-order valence-electron chi connectivity index (χ4n) is 2.12. The molecule has 23 heavy (non-hydrogen) atoms. The first-order chi connectivity index (χ1) is 11.1. The van der Waals surface area contributed by atoms with Gasteiger partial charge >= 0.3 is 0 Å². The van der Waals surface area contributed by atoms with Gasteiger partial charge in [-0.2, -0.15) is 4.37 Å². The van der Waals surface area contributed by atoms with Gasteiger partial charge < -0.3 is 11.1 Å². The molecule has 0 spiro atoms. The second kappa shape index (κ2) is 6.93. The average Bonchev–Trinajstić information content (AvgIpc) is 3.21. The number of anilines is 1. The maximum atomic E-state index is 13.4. The Bertz CT molecular complexity index is 829. The van der Waals surface area contributed by atoms with Crippen LogP contribution >= 0.6 is 34.2 Å². The van der Waals surface area contributed by atoms with Crippen LogP contribution in [0.15, 0.2) is 11.6 Å². The van der Waals surface area contributed by atoms with Gasteiger partial charge in [0.05, 0.1) is 16.8 Å². The number of fused-ring (bicyclic) bond motifs is 1. The Balaban J connectivity index is 1.87. The monoisotopic (exact) mass is 366 g/mol. The maximum absolute atomic E-state index is 13.4. The molecule has 0 radical (unpaired) electrons. The number of hydrogen-bond acceptors (Lipinski definition) is 7. The Morgan fingerprint density at radius 2 is 2.35 bits per heavy atom. The number of halogens is 1. The second-order valence-electron chi connectivity index (χ2n) is 5.06. The van der Waals surface area contributed by atoms with Gasteiger partial charge in [0.25, 0.3) is 0 Å². The number of thiazole rings is 1. The summed E-state index contributed by atoms with van der Waals surface area (Å²) in [4.78, 5) is 5.17. The summed E-state index contributed by atoms with van der Waals surface area (Å²) in [5.74, 6) is 2.68. The minimum absolute atomic E-state index is 0.425. The van der Waals surface area contributed by atoms with Crippen LogP contribution in [0.4, 0.5) is 9.39 Å². The molecule has 3 rings (SSSR count). The van der Waals surface area contributed by atoms with Crippen molar-refractivity contribution in [3.05, 3.63) is 27.0 Å². The molecule has 3 heterocycles. The predicted molar refractivity (Wildman–Crippen MR) is 97.1 cm³/mol. The Morgan fingerprint density at radius 3 is 3.00 bits per heavy atom. The van der Waals surface area contributed by atoms with Crippen LogP contribution in [0, 0.1) is 12.3 Å². The molecule has 4 nitrogen and oxygen atoms in total. The molecule has 0 saturated heterocycles. The van der Waals surface area contributed by atoms with E-state index in [-0.39, 0.29) is 0 Å². The molecule has 0 saturated carbocycles. The molecule has 3 aromatic heterocycles. The van der Waals surface area contributed by atoms with Gasteiger partial charge in [0.1, 0.15) is 21.7 Å². The Hall–Kier alpha value is -1.53. The third kappa shape index (κ3) is 3.38. The van der Waals surface area contributed by atoms with E-state index >= 15 is 0 Å². The molecular weight excluding hydrogens is 351 g/mol. The van der Waals surface area contributed by atoms with E-state index in [4.69, 9.17) is 12.2 Å². The fraction of sp³-hybridized carbons (Fsp3) is 0.333. The number of nitrogens with one attached hydrogen (secondary N) is 1. The van der Waals surface area contributed by atoms with Crippen molar-refractivity contribution in [3.63, 3.8) is 0 Å². The van der Waals surface area contributed by atoms with Gasteiger partial charge in [0.15, 0.2) is 0 Å². The number of aromatic nitrogens is 2. The van der Waals surface area contributed by atoms with E-state index < -0.39 is 12.2 Å². The summed E-state index contributed by atoms with van der Waals surface area (Å²) in [5, 5.41) is 7.27. The lowest BCUT2D eigenvalue weighted by atomic mass is 10.1. The largest absolute Gasteiger partial charge is 0.368 e. The molecule has 3 N–H and O–H groups in total. The Kier molecular flexibility index (Phi) is 4.92. The highest BCUT2D eigenvalue weighted by molar-refractivity contribution is 7.24. The van der Waals surface area contributed by atoms with Crippen molar-refractivity contribution >= 4 is 49.4 Å². The summed E-state index contributed by atoms with van der Waals surface area (Å²) >= 11 is 4.52. The first-order valence-electron chi connectivity index (χ1n) is 6.99. The molecule has 0 aliphatic rings. The zero-order valence-corrected chi connectivity index (χ0v) is 14.8. The molecule has 120 valence electrons. The second-order valence-corrected chi connectivity index (χ2v) is 7.92. The van der Waals surface area contributed by atoms with Crippen molar-refractivity contribution in [3.8, 4) is 12.3 Å². The van der Waals surface area contributed by atoms with Crippen molar-refractivity contribution < 1.29 is 4.39 Å².